The summed E-state index contributed by atoms with van der Waals surface area (Å²) in [7, 11) is 0. The number of aromatic nitrogens is 1. The number of rotatable bonds is 8. The minimum absolute atomic E-state index is 0.0758. The van der Waals surface area contributed by atoms with Crippen LogP contribution >= 0.6 is 11.3 Å². The first-order valence-corrected chi connectivity index (χ1v) is 9.25. The number of esters is 1. The summed E-state index contributed by atoms with van der Waals surface area (Å²) >= 11 is 1.49. The minimum Gasteiger partial charge on any atom is -0.452 e. The fourth-order valence-corrected chi connectivity index (χ4v) is 3.13. The molecule has 0 saturated carbocycles. The number of hydrogen-bond donors (Lipinski definition) is 1. The zero-order valence-corrected chi connectivity index (χ0v) is 15.6. The minimum atomic E-state index is -0.552. The van der Waals surface area contributed by atoms with E-state index in [1.165, 1.54) is 17.4 Å². The molecular formula is C19H24N2O3S. The number of thiazole rings is 1. The van der Waals surface area contributed by atoms with E-state index >= 15 is 0 Å². The van der Waals surface area contributed by atoms with E-state index < -0.39 is 5.97 Å². The lowest BCUT2D eigenvalue weighted by molar-refractivity contribution is -0.144. The number of fused-ring (bicyclic) bond motifs is 1. The van der Waals surface area contributed by atoms with Crippen molar-refractivity contribution in [3.05, 3.63) is 35.3 Å². The number of nitrogens with one attached hydrogen (secondary N) is 1. The third-order valence-electron chi connectivity index (χ3n) is 3.60. The molecule has 0 bridgehead atoms. The van der Waals surface area contributed by atoms with Crippen molar-refractivity contribution in [2.75, 3.05) is 6.61 Å². The van der Waals surface area contributed by atoms with Crippen LogP contribution in [-0.2, 0) is 14.3 Å². The van der Waals surface area contributed by atoms with Gasteiger partial charge in [-0.15, -0.1) is 11.3 Å². The number of benzene rings is 1. The fourth-order valence-electron chi connectivity index (χ4n) is 2.26. The lowest BCUT2D eigenvalue weighted by atomic mass is 10.0. The van der Waals surface area contributed by atoms with Crippen LogP contribution in [0.4, 0.5) is 0 Å². The van der Waals surface area contributed by atoms with Gasteiger partial charge in [0, 0.05) is 12.1 Å². The quantitative estimate of drug-likeness (QED) is 0.574. The van der Waals surface area contributed by atoms with Gasteiger partial charge in [-0.2, -0.15) is 0 Å². The van der Waals surface area contributed by atoms with Gasteiger partial charge in [0.1, 0.15) is 5.01 Å². The lowest BCUT2D eigenvalue weighted by Crippen LogP contribution is -2.35. The lowest BCUT2D eigenvalue weighted by Gasteiger charge is -2.14. The monoisotopic (exact) mass is 360 g/mol. The Labute approximate surface area is 152 Å². The van der Waals surface area contributed by atoms with Crippen LogP contribution in [0, 0.1) is 5.92 Å². The van der Waals surface area contributed by atoms with E-state index in [1.54, 1.807) is 6.08 Å². The summed E-state index contributed by atoms with van der Waals surface area (Å²) in [6.45, 7) is 5.98. The molecule has 0 saturated heterocycles. The van der Waals surface area contributed by atoms with Gasteiger partial charge in [0.05, 0.1) is 10.2 Å². The third-order valence-corrected chi connectivity index (χ3v) is 4.60. The largest absolute Gasteiger partial charge is 0.452 e. The highest BCUT2D eigenvalue weighted by atomic mass is 32.1. The molecule has 25 heavy (non-hydrogen) atoms. The van der Waals surface area contributed by atoms with Crippen molar-refractivity contribution in [2.24, 2.45) is 5.92 Å². The third kappa shape index (κ3) is 6.66. The van der Waals surface area contributed by atoms with Crippen LogP contribution in [0.3, 0.4) is 0 Å². The van der Waals surface area contributed by atoms with Crippen LogP contribution in [0.15, 0.2) is 30.3 Å². The van der Waals surface area contributed by atoms with Crippen LogP contribution in [-0.4, -0.2) is 29.5 Å². The van der Waals surface area contributed by atoms with Crippen molar-refractivity contribution in [3.8, 4) is 0 Å². The van der Waals surface area contributed by atoms with Gasteiger partial charge >= 0.3 is 5.97 Å². The van der Waals surface area contributed by atoms with E-state index in [9.17, 15) is 9.59 Å². The van der Waals surface area contributed by atoms with Crippen molar-refractivity contribution < 1.29 is 14.3 Å². The summed E-state index contributed by atoms with van der Waals surface area (Å²) in [6.07, 6.45) is 4.87. The number of amides is 1. The average molecular weight is 360 g/mol. The molecular weight excluding hydrogens is 336 g/mol. The molecule has 5 nitrogen and oxygen atoms in total. The maximum absolute atomic E-state index is 11.8. The van der Waals surface area contributed by atoms with Crippen molar-refractivity contribution in [2.45, 2.75) is 39.7 Å². The van der Waals surface area contributed by atoms with Crippen LogP contribution in [0.2, 0.25) is 0 Å². The number of para-hydroxylation sites is 1. The van der Waals surface area contributed by atoms with Crippen molar-refractivity contribution in [1.82, 2.24) is 10.3 Å². The maximum Gasteiger partial charge on any atom is 0.331 e. The summed E-state index contributed by atoms with van der Waals surface area (Å²) in [5, 5.41) is 3.56. The fraction of sp³-hybridized carbons (Fsp3) is 0.421. The summed E-state index contributed by atoms with van der Waals surface area (Å²) in [5.41, 5.74) is 0.898. The molecule has 0 unspecified atom stereocenters. The van der Waals surface area contributed by atoms with Gasteiger partial charge in [-0.05, 0) is 43.9 Å². The first kappa shape index (κ1) is 19.1. The Kier molecular flexibility index (Phi) is 7.13. The predicted molar refractivity (Wildman–Crippen MR) is 101 cm³/mol. The predicted octanol–water partition coefficient (Wildman–Crippen LogP) is 3.79. The average Bonchev–Trinajstić information content (AvgIpc) is 2.99. The first-order valence-electron chi connectivity index (χ1n) is 8.44. The number of nitrogens with zero attached hydrogens (tertiary/aromatic N) is 1. The van der Waals surface area contributed by atoms with Gasteiger partial charge in [0.25, 0.3) is 5.91 Å². The standard InChI is InChI=1S/C19H24N2O3S/c1-13(2)8-9-14(3)20-17(22)12-24-19(23)11-10-18-21-15-6-4-5-7-16(15)25-18/h4-7,10-11,13-14H,8-9,12H2,1-3H3,(H,20,22)/b11-10+/t14-/m1/s1. The molecule has 0 aliphatic heterocycles. The van der Waals surface area contributed by atoms with Crippen molar-refractivity contribution in [1.29, 1.82) is 0 Å². The zero-order valence-electron chi connectivity index (χ0n) is 14.8. The number of carbonyl (C=O) groups excluding carboxylic acids is 2. The van der Waals surface area contributed by atoms with Gasteiger partial charge in [-0.25, -0.2) is 9.78 Å². The summed E-state index contributed by atoms with van der Waals surface area (Å²) in [5.74, 6) is -0.230. The molecule has 0 spiro atoms. The van der Waals surface area contributed by atoms with Crippen LogP contribution in [0.5, 0.6) is 0 Å². The molecule has 2 aromatic rings. The van der Waals surface area contributed by atoms with Crippen LogP contribution in [0.1, 0.15) is 38.6 Å². The van der Waals surface area contributed by atoms with E-state index in [0.717, 1.165) is 28.1 Å². The van der Waals surface area contributed by atoms with Gasteiger partial charge in [0.2, 0.25) is 0 Å². The Morgan fingerprint density at radius 2 is 2.00 bits per heavy atom. The molecule has 6 heteroatoms. The highest BCUT2D eigenvalue weighted by Gasteiger charge is 2.10. The highest BCUT2D eigenvalue weighted by molar-refractivity contribution is 7.19. The summed E-state index contributed by atoms with van der Waals surface area (Å²) in [6, 6.07) is 7.85. The van der Waals surface area contributed by atoms with E-state index in [2.05, 4.69) is 24.1 Å². The zero-order chi connectivity index (χ0) is 18.2. The highest BCUT2D eigenvalue weighted by Crippen LogP contribution is 2.22. The number of ether oxygens (including phenoxy) is 1. The maximum atomic E-state index is 11.8. The second-order valence-corrected chi connectivity index (χ2v) is 7.46. The SMILES string of the molecule is CC(C)CC[C@@H](C)NC(=O)COC(=O)/C=C/c1nc2ccccc2s1. The summed E-state index contributed by atoms with van der Waals surface area (Å²) < 4.78 is 6.03. The Hall–Kier alpha value is -2.21. The van der Waals surface area contributed by atoms with E-state index in [0.29, 0.717) is 5.92 Å². The Balaban J connectivity index is 1.75. The van der Waals surface area contributed by atoms with Crippen molar-refractivity contribution in [3.63, 3.8) is 0 Å². The molecule has 0 fully saturated rings. The van der Waals surface area contributed by atoms with Gasteiger partial charge in [0.15, 0.2) is 6.61 Å². The van der Waals surface area contributed by atoms with E-state index in [4.69, 9.17) is 4.74 Å². The van der Waals surface area contributed by atoms with Gasteiger partial charge < -0.3 is 10.1 Å². The van der Waals surface area contributed by atoms with Gasteiger partial charge in [-0.1, -0.05) is 26.0 Å². The molecule has 0 aliphatic carbocycles. The van der Waals surface area contributed by atoms with Crippen LogP contribution in [0.25, 0.3) is 16.3 Å². The molecule has 0 aliphatic rings. The summed E-state index contributed by atoms with van der Waals surface area (Å²) in [4.78, 5) is 27.9. The molecule has 0 radical (unpaired) electrons. The molecule has 1 N–H and O–H groups in total. The van der Waals surface area contributed by atoms with Crippen LogP contribution < -0.4 is 5.32 Å². The molecule has 1 amide bonds. The molecule has 1 heterocycles. The molecule has 2 rings (SSSR count). The molecule has 1 atom stereocenters. The topological polar surface area (TPSA) is 68.3 Å². The second kappa shape index (κ2) is 9.32. The number of carbonyl (C=O) groups is 2. The Bertz CT molecular complexity index is 719. The molecule has 1 aromatic carbocycles. The molecule has 1 aromatic heterocycles. The number of hydrogen-bond acceptors (Lipinski definition) is 5. The van der Waals surface area contributed by atoms with E-state index in [-0.39, 0.29) is 18.6 Å². The van der Waals surface area contributed by atoms with E-state index in [1.807, 2.05) is 31.2 Å². The van der Waals surface area contributed by atoms with Crippen molar-refractivity contribution >= 4 is 39.5 Å². The Morgan fingerprint density at radius 1 is 1.24 bits per heavy atom. The first-order chi connectivity index (χ1) is 11.9. The van der Waals surface area contributed by atoms with Gasteiger partial charge in [-0.3, -0.25) is 4.79 Å². The second-order valence-electron chi connectivity index (χ2n) is 6.40. The Morgan fingerprint density at radius 3 is 2.72 bits per heavy atom. The smallest absolute Gasteiger partial charge is 0.331 e. The normalized spacial score (nSPS) is 12.6. The molecule has 134 valence electrons.